The minimum Gasteiger partial charge on any atom is -0.348 e. The lowest BCUT2D eigenvalue weighted by atomic mass is 9.69. The smallest absolute Gasteiger partial charge is 0.237 e. The Bertz CT molecular complexity index is 611. The Kier molecular flexibility index (Phi) is 5.79. The molecule has 2 aromatic rings. The first-order valence-corrected chi connectivity index (χ1v) is 8.39. The van der Waals surface area contributed by atoms with E-state index in [0.29, 0.717) is 0 Å². The minimum atomic E-state index is -0.685. The predicted molar refractivity (Wildman–Crippen MR) is 100 cm³/mol. The SMILES string of the molecule is C[C@@H](CC(C(=O)N(C)C)(c1ccccc1)c1ccccc1)N(C)C. The first-order valence-electron chi connectivity index (χ1n) is 8.39. The van der Waals surface area contributed by atoms with Crippen molar-refractivity contribution in [1.82, 2.24) is 9.80 Å². The zero-order chi connectivity index (χ0) is 17.7. The molecule has 0 aliphatic rings. The number of carbonyl (C=O) groups excluding carboxylic acids is 1. The van der Waals surface area contributed by atoms with Crippen LogP contribution in [0.5, 0.6) is 0 Å². The van der Waals surface area contributed by atoms with E-state index in [0.717, 1.165) is 17.5 Å². The molecule has 128 valence electrons. The van der Waals surface area contributed by atoms with E-state index in [1.54, 1.807) is 4.90 Å². The Morgan fingerprint density at radius 3 is 1.62 bits per heavy atom. The molecule has 24 heavy (non-hydrogen) atoms. The summed E-state index contributed by atoms with van der Waals surface area (Å²) in [7, 11) is 7.80. The van der Waals surface area contributed by atoms with Gasteiger partial charge in [-0.15, -0.1) is 0 Å². The lowest BCUT2D eigenvalue weighted by Crippen LogP contribution is -2.48. The molecule has 3 heteroatoms. The van der Waals surface area contributed by atoms with Gasteiger partial charge in [0.15, 0.2) is 0 Å². The molecule has 1 amide bonds. The minimum absolute atomic E-state index is 0.119. The number of nitrogens with zero attached hydrogens (tertiary/aromatic N) is 2. The number of benzene rings is 2. The molecule has 0 aliphatic heterocycles. The van der Waals surface area contributed by atoms with E-state index in [4.69, 9.17) is 0 Å². The number of hydrogen-bond donors (Lipinski definition) is 0. The quantitative estimate of drug-likeness (QED) is 0.813. The van der Waals surface area contributed by atoms with Gasteiger partial charge in [0.2, 0.25) is 5.91 Å². The number of rotatable bonds is 6. The molecule has 0 saturated heterocycles. The van der Waals surface area contributed by atoms with Crippen LogP contribution in [0.3, 0.4) is 0 Å². The second-order valence-electron chi connectivity index (χ2n) is 6.85. The molecule has 0 radical (unpaired) electrons. The molecule has 2 aromatic carbocycles. The van der Waals surface area contributed by atoms with Crippen LogP contribution in [0.25, 0.3) is 0 Å². The van der Waals surface area contributed by atoms with Gasteiger partial charge in [0.1, 0.15) is 5.41 Å². The molecule has 3 nitrogen and oxygen atoms in total. The van der Waals surface area contributed by atoms with Crippen molar-refractivity contribution < 1.29 is 4.79 Å². The molecule has 2 rings (SSSR count). The lowest BCUT2D eigenvalue weighted by molar-refractivity contribution is -0.134. The van der Waals surface area contributed by atoms with E-state index in [1.807, 2.05) is 50.5 Å². The Balaban J connectivity index is 2.71. The summed E-state index contributed by atoms with van der Waals surface area (Å²) in [4.78, 5) is 17.3. The highest BCUT2D eigenvalue weighted by Crippen LogP contribution is 2.39. The average molecular weight is 324 g/mol. The standard InChI is InChI=1S/C21H28N2O/c1-17(22(2)3)16-21(20(24)23(4)5,18-12-8-6-9-13-18)19-14-10-7-11-15-19/h6-15,17H,16H2,1-5H3/t17-/m0/s1. The van der Waals surface area contributed by atoms with Gasteiger partial charge >= 0.3 is 0 Å². The maximum absolute atomic E-state index is 13.4. The van der Waals surface area contributed by atoms with Crippen LogP contribution in [0.2, 0.25) is 0 Å². The molecule has 0 aromatic heterocycles. The zero-order valence-electron chi connectivity index (χ0n) is 15.4. The van der Waals surface area contributed by atoms with Crippen molar-refractivity contribution >= 4 is 5.91 Å². The zero-order valence-corrected chi connectivity index (χ0v) is 15.4. The summed E-state index contributed by atoms with van der Waals surface area (Å²) in [5, 5.41) is 0. The van der Waals surface area contributed by atoms with Crippen molar-refractivity contribution in [3.8, 4) is 0 Å². The first-order chi connectivity index (χ1) is 11.4. The van der Waals surface area contributed by atoms with Crippen LogP contribution in [-0.4, -0.2) is 49.9 Å². The van der Waals surface area contributed by atoms with Crippen molar-refractivity contribution in [1.29, 1.82) is 0 Å². The first kappa shape index (κ1) is 18.2. The summed E-state index contributed by atoms with van der Waals surface area (Å²) < 4.78 is 0. The van der Waals surface area contributed by atoms with E-state index in [2.05, 4.69) is 50.2 Å². The van der Waals surface area contributed by atoms with Gasteiger partial charge in [0.05, 0.1) is 0 Å². The topological polar surface area (TPSA) is 23.6 Å². The van der Waals surface area contributed by atoms with Crippen molar-refractivity contribution in [2.45, 2.75) is 24.8 Å². The third-order valence-corrected chi connectivity index (χ3v) is 4.79. The highest BCUT2D eigenvalue weighted by Gasteiger charge is 2.44. The van der Waals surface area contributed by atoms with Crippen LogP contribution < -0.4 is 0 Å². The fourth-order valence-electron chi connectivity index (χ4n) is 3.19. The lowest BCUT2D eigenvalue weighted by Gasteiger charge is -2.39. The number of hydrogen-bond acceptors (Lipinski definition) is 2. The van der Waals surface area contributed by atoms with Gasteiger partial charge < -0.3 is 9.80 Å². The predicted octanol–water partition coefficient (Wildman–Crippen LogP) is 3.40. The van der Waals surface area contributed by atoms with Gasteiger partial charge in [-0.3, -0.25) is 4.79 Å². The Hall–Kier alpha value is -2.13. The van der Waals surface area contributed by atoms with Gasteiger partial charge in [0.25, 0.3) is 0 Å². The maximum atomic E-state index is 13.4. The number of amides is 1. The fourth-order valence-corrected chi connectivity index (χ4v) is 3.19. The van der Waals surface area contributed by atoms with Gasteiger partial charge in [-0.2, -0.15) is 0 Å². The van der Waals surface area contributed by atoms with Crippen LogP contribution in [0.15, 0.2) is 60.7 Å². The van der Waals surface area contributed by atoms with Crippen LogP contribution in [-0.2, 0) is 10.2 Å². The van der Waals surface area contributed by atoms with E-state index < -0.39 is 5.41 Å². The van der Waals surface area contributed by atoms with Gasteiger partial charge in [0, 0.05) is 20.1 Å². The maximum Gasteiger partial charge on any atom is 0.237 e. The fraction of sp³-hybridized carbons (Fsp3) is 0.381. The van der Waals surface area contributed by atoms with Crippen molar-refractivity contribution in [2.75, 3.05) is 28.2 Å². The summed E-state index contributed by atoms with van der Waals surface area (Å²) >= 11 is 0. The van der Waals surface area contributed by atoms with Crippen LogP contribution in [0, 0.1) is 0 Å². The van der Waals surface area contributed by atoms with E-state index in [9.17, 15) is 4.79 Å². The second kappa shape index (κ2) is 7.63. The average Bonchev–Trinajstić information content (AvgIpc) is 2.60. The highest BCUT2D eigenvalue weighted by molar-refractivity contribution is 5.92. The molecule has 0 saturated carbocycles. The monoisotopic (exact) mass is 324 g/mol. The van der Waals surface area contributed by atoms with Gasteiger partial charge in [-0.05, 0) is 38.6 Å². The molecule has 0 bridgehead atoms. The van der Waals surface area contributed by atoms with Crippen LogP contribution >= 0.6 is 0 Å². The number of carbonyl (C=O) groups is 1. The Morgan fingerprint density at radius 2 is 1.29 bits per heavy atom. The molecule has 0 unspecified atom stereocenters. The molecule has 0 heterocycles. The molecule has 0 N–H and O–H groups in total. The molecule has 1 atom stereocenters. The molecule has 0 spiro atoms. The van der Waals surface area contributed by atoms with Crippen molar-refractivity contribution in [3.05, 3.63) is 71.8 Å². The second-order valence-corrected chi connectivity index (χ2v) is 6.85. The summed E-state index contributed by atoms with van der Waals surface area (Å²) in [5.74, 6) is 0.119. The summed E-state index contributed by atoms with van der Waals surface area (Å²) in [6, 6.07) is 20.6. The summed E-state index contributed by atoms with van der Waals surface area (Å²) in [5.41, 5.74) is 1.41. The van der Waals surface area contributed by atoms with E-state index >= 15 is 0 Å². The van der Waals surface area contributed by atoms with E-state index in [-0.39, 0.29) is 11.9 Å². The molecule has 0 fully saturated rings. The molecular weight excluding hydrogens is 296 g/mol. The summed E-state index contributed by atoms with van der Waals surface area (Å²) in [6.07, 6.45) is 0.727. The Morgan fingerprint density at radius 1 is 0.875 bits per heavy atom. The Labute approximate surface area is 145 Å². The normalized spacial score (nSPS) is 12.9. The largest absolute Gasteiger partial charge is 0.348 e. The van der Waals surface area contributed by atoms with Gasteiger partial charge in [-0.25, -0.2) is 0 Å². The number of likely N-dealkylation sites (N-methyl/N-ethyl adjacent to an activating group) is 1. The molecule has 0 aliphatic carbocycles. The van der Waals surface area contributed by atoms with Gasteiger partial charge in [-0.1, -0.05) is 60.7 Å². The van der Waals surface area contributed by atoms with Crippen LogP contribution in [0.1, 0.15) is 24.5 Å². The third kappa shape index (κ3) is 3.51. The van der Waals surface area contributed by atoms with E-state index in [1.165, 1.54) is 0 Å². The third-order valence-electron chi connectivity index (χ3n) is 4.79. The summed E-state index contributed by atoms with van der Waals surface area (Å²) in [6.45, 7) is 2.17. The van der Waals surface area contributed by atoms with Crippen LogP contribution in [0.4, 0.5) is 0 Å². The van der Waals surface area contributed by atoms with Crippen molar-refractivity contribution in [2.24, 2.45) is 0 Å². The molecular formula is C21H28N2O. The highest BCUT2D eigenvalue weighted by atomic mass is 16.2. The van der Waals surface area contributed by atoms with Crippen molar-refractivity contribution in [3.63, 3.8) is 0 Å².